The molecule has 1 radical (unpaired) electrons. The smallest absolute Gasteiger partial charge is 0.662 e. The van der Waals surface area contributed by atoms with Crippen LogP contribution in [0, 0.1) is 0 Å². The van der Waals surface area contributed by atoms with Crippen molar-refractivity contribution in [2.75, 3.05) is 0 Å². The van der Waals surface area contributed by atoms with Crippen LogP contribution < -0.4 is 18.9 Å². The Labute approximate surface area is 227 Å². The molecule has 201 valence electrons. The van der Waals surface area contributed by atoms with Crippen LogP contribution in [-0.4, -0.2) is 31.3 Å². The average molecular weight is 573 g/mol. The fourth-order valence-electron chi connectivity index (χ4n) is 3.48. The van der Waals surface area contributed by atoms with Crippen LogP contribution in [0.5, 0.6) is 23.0 Å². The van der Waals surface area contributed by atoms with Crippen LogP contribution in [-0.2, 0) is 17.1 Å². The van der Waals surface area contributed by atoms with E-state index in [1.54, 1.807) is 37.0 Å². The van der Waals surface area contributed by atoms with E-state index in [1.165, 1.54) is 0 Å². The number of benzene rings is 2. The average Bonchev–Trinajstić information content (AvgIpc) is 3.22. The molecule has 0 atom stereocenters. The zero-order valence-electron chi connectivity index (χ0n) is 20.6. The number of hydrogen-bond acceptors (Lipinski definition) is 6. The third-order valence-corrected chi connectivity index (χ3v) is 4.70. The van der Waals surface area contributed by atoms with Gasteiger partial charge in [0.15, 0.2) is 23.0 Å². The first-order chi connectivity index (χ1) is 17.3. The summed E-state index contributed by atoms with van der Waals surface area (Å²) >= 11 is 0. The largest absolute Gasteiger partial charge is 3.00 e. The van der Waals surface area contributed by atoms with Gasteiger partial charge < -0.3 is 46.8 Å². The molecule has 2 aromatic rings. The molecule has 0 fully saturated rings. The summed E-state index contributed by atoms with van der Waals surface area (Å²) < 4.78 is 62.3. The fraction of sp³-hybridized carbons (Fsp3) is 0.250. The zero-order chi connectivity index (χ0) is 26.8. The Morgan fingerprint density at radius 1 is 0.632 bits per heavy atom. The summed E-state index contributed by atoms with van der Waals surface area (Å²) in [6.45, 7) is 7.42. The first-order valence-corrected chi connectivity index (χ1v) is 11.1. The van der Waals surface area contributed by atoms with Crippen LogP contribution in [0.1, 0.15) is 27.7 Å². The van der Waals surface area contributed by atoms with Crippen molar-refractivity contribution >= 4 is 42.4 Å². The Morgan fingerprint density at radius 3 is 1.29 bits per heavy atom. The molecule has 0 saturated heterocycles. The van der Waals surface area contributed by atoms with E-state index in [0.29, 0.717) is 45.7 Å². The van der Waals surface area contributed by atoms with E-state index in [1.807, 2.05) is 52.0 Å². The van der Waals surface area contributed by atoms with E-state index in [-0.39, 0.29) is 17.1 Å². The number of ether oxygens (including phenoxy) is 4. The third kappa shape index (κ3) is 7.69. The summed E-state index contributed by atoms with van der Waals surface area (Å²) in [5.74, 6) is 1.08. The first-order valence-electron chi connectivity index (χ1n) is 11.1. The van der Waals surface area contributed by atoms with Gasteiger partial charge in [-0.25, -0.2) is 0 Å². The maximum atomic E-state index is 9.75. The normalized spacial score (nSPS) is 19.2. The molecule has 0 amide bonds. The van der Waals surface area contributed by atoms with Crippen LogP contribution in [0.4, 0.5) is 40.0 Å². The second-order valence-electron chi connectivity index (χ2n) is 8.78. The van der Waals surface area contributed by atoms with Gasteiger partial charge in [-0.1, -0.05) is 12.2 Å². The van der Waals surface area contributed by atoms with E-state index in [2.05, 4.69) is 20.6 Å². The molecule has 0 unspecified atom stereocenters. The summed E-state index contributed by atoms with van der Waals surface area (Å²) in [6, 6.07) is 7.26. The minimum atomic E-state index is -6.00. The minimum absolute atomic E-state index is 0. The van der Waals surface area contributed by atoms with Gasteiger partial charge in [-0.3, -0.25) is 9.98 Å². The van der Waals surface area contributed by atoms with Gasteiger partial charge in [0, 0.05) is 52.3 Å². The summed E-state index contributed by atoms with van der Waals surface area (Å²) in [5.41, 5.74) is 2.61. The maximum Gasteiger partial charge on any atom is 3.00 e. The van der Waals surface area contributed by atoms with Crippen molar-refractivity contribution in [2.24, 2.45) is 9.98 Å². The number of fused-ring (bicyclic) bond motifs is 4. The monoisotopic (exact) mass is 573 g/mol. The zero-order valence-corrected chi connectivity index (χ0v) is 21.7. The van der Waals surface area contributed by atoms with Crippen LogP contribution >= 0.6 is 0 Å². The summed E-state index contributed by atoms with van der Waals surface area (Å²) in [5, 5.41) is 9.04. The fourth-order valence-corrected chi connectivity index (χ4v) is 3.48. The van der Waals surface area contributed by atoms with E-state index >= 15 is 0 Å². The molecule has 38 heavy (non-hydrogen) atoms. The van der Waals surface area contributed by atoms with E-state index in [0.717, 1.165) is 0 Å². The van der Waals surface area contributed by atoms with Crippen molar-refractivity contribution in [3.8, 4) is 23.0 Å². The van der Waals surface area contributed by atoms with Crippen molar-refractivity contribution in [1.29, 1.82) is 0 Å². The Balaban J connectivity index is 0.000000612. The van der Waals surface area contributed by atoms with Gasteiger partial charge in [-0.15, -0.1) is 11.4 Å². The molecule has 3 aliphatic heterocycles. The standard InChI is InChI=1S/C24H22N4O4.BF4.Fe/c1-23(2)29-19-11-15-16(12-20(19)30-23)26-8-6-10-28-18-14-22-21(31-24(3,4)32-22)13-17(18)27-9-5-7-25-15;2-1(3,4)5;/h5-14H,1-4H3;;/q-2;-1;+3/b7-5-,10-6-,26-8?,27-9?;;. The van der Waals surface area contributed by atoms with Gasteiger partial charge in [-0.05, 0) is 12.1 Å². The summed E-state index contributed by atoms with van der Waals surface area (Å²) in [4.78, 5) is 9.04. The van der Waals surface area contributed by atoms with Crippen molar-refractivity contribution in [3.05, 3.63) is 59.5 Å². The second kappa shape index (κ2) is 11.0. The first kappa shape index (κ1) is 28.9. The molecule has 0 N–H and O–H groups in total. The molecule has 3 aliphatic rings. The molecule has 14 heteroatoms. The van der Waals surface area contributed by atoms with Gasteiger partial charge >= 0.3 is 24.3 Å². The maximum absolute atomic E-state index is 9.75. The predicted molar refractivity (Wildman–Crippen MR) is 134 cm³/mol. The number of allylic oxidation sites excluding steroid dienone is 2. The predicted octanol–water partition coefficient (Wildman–Crippen LogP) is 8.15. The Morgan fingerprint density at radius 2 is 0.947 bits per heavy atom. The van der Waals surface area contributed by atoms with Gasteiger partial charge in [0.1, 0.15) is 0 Å². The molecule has 0 saturated carbocycles. The molecule has 2 aromatic carbocycles. The van der Waals surface area contributed by atoms with Gasteiger partial charge in [0.25, 0.3) is 0 Å². The molecule has 0 bridgehead atoms. The van der Waals surface area contributed by atoms with Gasteiger partial charge in [0.2, 0.25) is 11.6 Å². The quantitative estimate of drug-likeness (QED) is 0.235. The Kier molecular flexibility index (Phi) is 8.37. The number of rotatable bonds is 0. The van der Waals surface area contributed by atoms with E-state index < -0.39 is 18.8 Å². The number of halogens is 4. The molecule has 8 nitrogen and oxygen atoms in total. The minimum Gasteiger partial charge on any atom is -0.662 e. The molecule has 0 aliphatic carbocycles. The molecule has 5 rings (SSSR count). The SMILES string of the molecule is CC1(C)Oc2cc3c(cc2O1)[N-]/C=C\C=Nc1cc2c(cc1[N-]/C=C\C=N3)OC(C)(C)O2.F[B-](F)(F)F.[Fe+3]. The Bertz CT molecular complexity index is 1210. The summed E-state index contributed by atoms with van der Waals surface area (Å²) in [7, 11) is -6.00. The van der Waals surface area contributed by atoms with Crippen molar-refractivity contribution < 1.29 is 53.3 Å². The van der Waals surface area contributed by atoms with Crippen LogP contribution in [0.25, 0.3) is 10.6 Å². The van der Waals surface area contributed by atoms with Gasteiger partial charge in [-0.2, -0.15) is 12.4 Å². The van der Waals surface area contributed by atoms with Crippen molar-refractivity contribution in [2.45, 2.75) is 39.3 Å². The van der Waals surface area contributed by atoms with E-state index in [4.69, 9.17) is 18.9 Å². The second-order valence-corrected chi connectivity index (χ2v) is 8.78. The molecular weight excluding hydrogens is 551 g/mol. The number of nitrogens with zero attached hydrogens (tertiary/aromatic N) is 4. The topological polar surface area (TPSA) is 89.8 Å². The van der Waals surface area contributed by atoms with Crippen LogP contribution in [0.2, 0.25) is 0 Å². The number of hydrogen-bond donors (Lipinski definition) is 0. The van der Waals surface area contributed by atoms with Crippen molar-refractivity contribution in [3.63, 3.8) is 0 Å². The van der Waals surface area contributed by atoms with Crippen LogP contribution in [0.3, 0.4) is 0 Å². The Hall–Kier alpha value is -3.64. The summed E-state index contributed by atoms with van der Waals surface area (Å²) in [6.07, 6.45) is 10.1. The molecular formula is C24H22BF4FeN4O4. The van der Waals surface area contributed by atoms with Crippen molar-refractivity contribution in [1.82, 2.24) is 0 Å². The molecule has 0 spiro atoms. The third-order valence-electron chi connectivity index (χ3n) is 4.70. The number of aliphatic imine (C=N–C) groups is 2. The molecule has 3 heterocycles. The van der Waals surface area contributed by atoms with Crippen LogP contribution in [0.15, 0.2) is 58.8 Å². The van der Waals surface area contributed by atoms with E-state index in [9.17, 15) is 17.3 Å². The molecule has 0 aromatic heterocycles. The van der Waals surface area contributed by atoms with Gasteiger partial charge in [0.05, 0.1) is 11.4 Å².